The molecule has 2 aromatic rings. The summed E-state index contributed by atoms with van der Waals surface area (Å²) >= 11 is 0. The van der Waals surface area contributed by atoms with Crippen molar-refractivity contribution in [2.24, 2.45) is 17.8 Å². The molecule has 1 aromatic heterocycles. The molecule has 4 rings (SSSR count). The molecule has 1 aromatic carbocycles. The molecule has 0 spiro atoms. The highest BCUT2D eigenvalue weighted by Crippen LogP contribution is 2.47. The van der Waals surface area contributed by atoms with E-state index >= 15 is 0 Å². The molecule has 2 heterocycles. The van der Waals surface area contributed by atoms with Crippen LogP contribution in [0.25, 0.3) is 5.69 Å². The number of piperidine rings is 1. The van der Waals surface area contributed by atoms with Gasteiger partial charge in [0.15, 0.2) is 0 Å². The summed E-state index contributed by atoms with van der Waals surface area (Å²) in [4.78, 5) is 12.5. The zero-order valence-corrected chi connectivity index (χ0v) is 13.0. The van der Waals surface area contributed by atoms with Crippen molar-refractivity contribution in [3.8, 4) is 5.69 Å². The summed E-state index contributed by atoms with van der Waals surface area (Å²) in [5.74, 6) is 1.96. The quantitative estimate of drug-likeness (QED) is 0.904. The molecule has 2 aliphatic rings. The van der Waals surface area contributed by atoms with Gasteiger partial charge in [0.1, 0.15) is 6.33 Å². The molecular formula is C17H21N5O. The van der Waals surface area contributed by atoms with E-state index in [1.807, 2.05) is 30.3 Å². The second kappa shape index (κ2) is 6.12. The van der Waals surface area contributed by atoms with Crippen molar-refractivity contribution in [1.82, 2.24) is 20.1 Å². The van der Waals surface area contributed by atoms with Crippen molar-refractivity contribution in [3.63, 3.8) is 0 Å². The zero-order chi connectivity index (χ0) is 15.6. The van der Waals surface area contributed by atoms with Gasteiger partial charge in [0.25, 0.3) is 0 Å². The van der Waals surface area contributed by atoms with Crippen molar-refractivity contribution in [1.29, 1.82) is 0 Å². The maximum Gasteiger partial charge on any atom is 0.235 e. The predicted molar refractivity (Wildman–Crippen MR) is 87.2 cm³/mol. The van der Waals surface area contributed by atoms with Gasteiger partial charge in [-0.25, -0.2) is 0 Å². The number of carbonyl (C=O) groups is 1. The summed E-state index contributed by atoms with van der Waals surface area (Å²) in [6.45, 7) is 2.16. The molecule has 1 aliphatic heterocycles. The summed E-state index contributed by atoms with van der Waals surface area (Å²) in [6.07, 6.45) is 5.02. The topological polar surface area (TPSA) is 71.8 Å². The van der Waals surface area contributed by atoms with Crippen LogP contribution in [0.15, 0.2) is 36.7 Å². The van der Waals surface area contributed by atoms with Crippen molar-refractivity contribution < 1.29 is 4.79 Å². The first kappa shape index (κ1) is 14.4. The molecule has 6 heteroatoms. The molecule has 1 amide bonds. The Balaban J connectivity index is 1.42. The number of hydrogen-bond donors (Lipinski definition) is 2. The van der Waals surface area contributed by atoms with E-state index in [1.54, 1.807) is 10.9 Å². The second-order valence-electron chi connectivity index (χ2n) is 6.44. The van der Waals surface area contributed by atoms with Crippen LogP contribution in [0.5, 0.6) is 0 Å². The largest absolute Gasteiger partial charge is 0.317 e. The van der Waals surface area contributed by atoms with Gasteiger partial charge in [-0.3, -0.25) is 14.7 Å². The fourth-order valence-corrected chi connectivity index (χ4v) is 3.61. The highest BCUT2D eigenvalue weighted by atomic mass is 16.2. The van der Waals surface area contributed by atoms with Crippen LogP contribution < -0.4 is 10.6 Å². The van der Waals surface area contributed by atoms with Crippen LogP contribution in [-0.2, 0) is 4.79 Å². The number of rotatable bonds is 4. The number of nitrogens with zero attached hydrogens (tertiary/aromatic N) is 3. The van der Waals surface area contributed by atoms with Gasteiger partial charge in [-0.15, -0.1) is 10.2 Å². The van der Waals surface area contributed by atoms with E-state index in [0.29, 0.717) is 17.8 Å². The van der Waals surface area contributed by atoms with Crippen LogP contribution in [0, 0.1) is 17.8 Å². The number of hydrogen-bond acceptors (Lipinski definition) is 4. The summed E-state index contributed by atoms with van der Waals surface area (Å²) in [7, 11) is 0. The second-order valence-corrected chi connectivity index (χ2v) is 6.44. The van der Waals surface area contributed by atoms with Crippen LogP contribution in [0.2, 0.25) is 0 Å². The lowest BCUT2D eigenvalue weighted by Gasteiger charge is -2.22. The molecule has 6 nitrogen and oxygen atoms in total. The van der Waals surface area contributed by atoms with E-state index in [4.69, 9.17) is 0 Å². The Morgan fingerprint density at radius 1 is 1.22 bits per heavy atom. The Kier molecular flexibility index (Phi) is 3.83. The van der Waals surface area contributed by atoms with E-state index in [9.17, 15) is 4.79 Å². The number of benzene rings is 1. The molecule has 2 atom stereocenters. The number of aromatic nitrogens is 3. The molecule has 0 radical (unpaired) electrons. The van der Waals surface area contributed by atoms with Gasteiger partial charge in [0.05, 0.1) is 5.69 Å². The highest BCUT2D eigenvalue weighted by molar-refractivity contribution is 5.93. The Morgan fingerprint density at radius 3 is 2.78 bits per heavy atom. The number of carbonyl (C=O) groups excluding carboxylic acids is 1. The van der Waals surface area contributed by atoms with Crippen molar-refractivity contribution in [3.05, 3.63) is 36.7 Å². The third-order valence-corrected chi connectivity index (χ3v) is 4.98. The van der Waals surface area contributed by atoms with Gasteiger partial charge in [0, 0.05) is 5.92 Å². The molecule has 1 saturated carbocycles. The summed E-state index contributed by atoms with van der Waals surface area (Å²) in [6, 6.07) is 9.80. The average Bonchev–Trinajstić information content (AvgIpc) is 3.29. The fourth-order valence-electron chi connectivity index (χ4n) is 3.61. The normalized spacial score (nSPS) is 24.3. The Hall–Kier alpha value is -2.21. The van der Waals surface area contributed by atoms with Gasteiger partial charge in [-0.1, -0.05) is 18.2 Å². The van der Waals surface area contributed by atoms with Crippen molar-refractivity contribution >= 4 is 11.9 Å². The molecule has 120 valence electrons. The fraction of sp³-hybridized carbons (Fsp3) is 0.471. The predicted octanol–water partition coefficient (Wildman–Crippen LogP) is 1.84. The molecule has 2 N–H and O–H groups in total. The maximum absolute atomic E-state index is 12.5. The first-order chi connectivity index (χ1) is 11.3. The van der Waals surface area contributed by atoms with Crippen LogP contribution in [0.3, 0.4) is 0 Å². The van der Waals surface area contributed by atoms with Crippen molar-refractivity contribution in [2.45, 2.75) is 19.3 Å². The van der Waals surface area contributed by atoms with Crippen molar-refractivity contribution in [2.75, 3.05) is 18.4 Å². The maximum atomic E-state index is 12.5. The zero-order valence-electron chi connectivity index (χ0n) is 13.0. The SMILES string of the molecule is O=C(Nc1nncn1-c1ccccc1)[C@@H]1C[C@H]1C1CCNCC1. The molecular weight excluding hydrogens is 290 g/mol. The molecule has 1 saturated heterocycles. The lowest BCUT2D eigenvalue weighted by molar-refractivity contribution is -0.117. The summed E-state index contributed by atoms with van der Waals surface area (Å²) in [5.41, 5.74) is 0.943. The van der Waals surface area contributed by atoms with Gasteiger partial charge in [-0.05, 0) is 56.3 Å². The monoisotopic (exact) mass is 311 g/mol. The van der Waals surface area contributed by atoms with Gasteiger partial charge in [0.2, 0.25) is 11.9 Å². The molecule has 0 unspecified atom stereocenters. The molecule has 0 bridgehead atoms. The number of anilines is 1. The van der Waals surface area contributed by atoms with Crippen LogP contribution in [0.1, 0.15) is 19.3 Å². The first-order valence-electron chi connectivity index (χ1n) is 8.30. The lowest BCUT2D eigenvalue weighted by atomic mass is 9.92. The Labute approximate surface area is 135 Å². The third kappa shape index (κ3) is 2.99. The van der Waals surface area contributed by atoms with Gasteiger partial charge >= 0.3 is 0 Å². The summed E-state index contributed by atoms with van der Waals surface area (Å²) in [5, 5.41) is 14.3. The van der Waals surface area contributed by atoms with Crippen LogP contribution in [-0.4, -0.2) is 33.8 Å². The van der Waals surface area contributed by atoms with E-state index in [2.05, 4.69) is 20.8 Å². The standard InChI is InChI=1S/C17H21N5O/c23-16(15-10-14(15)12-6-8-18-9-7-12)20-17-21-19-11-22(17)13-4-2-1-3-5-13/h1-5,11-12,14-15,18H,6-10H2,(H,20,21,23)/t14-,15+/m0/s1. The van der Waals surface area contributed by atoms with Crippen LogP contribution >= 0.6 is 0 Å². The molecule has 1 aliphatic carbocycles. The Bertz CT molecular complexity index is 677. The van der Waals surface area contributed by atoms with E-state index < -0.39 is 0 Å². The number of nitrogens with one attached hydrogen (secondary N) is 2. The van der Waals surface area contributed by atoms with Gasteiger partial charge < -0.3 is 5.32 Å². The third-order valence-electron chi connectivity index (χ3n) is 4.98. The molecule has 23 heavy (non-hydrogen) atoms. The lowest BCUT2D eigenvalue weighted by Crippen LogP contribution is -2.29. The summed E-state index contributed by atoms with van der Waals surface area (Å²) < 4.78 is 1.81. The van der Waals surface area contributed by atoms with E-state index in [0.717, 1.165) is 25.2 Å². The number of para-hydroxylation sites is 1. The smallest absolute Gasteiger partial charge is 0.235 e. The van der Waals surface area contributed by atoms with E-state index in [-0.39, 0.29) is 11.8 Å². The van der Waals surface area contributed by atoms with Crippen LogP contribution in [0.4, 0.5) is 5.95 Å². The molecule has 2 fully saturated rings. The first-order valence-corrected chi connectivity index (χ1v) is 8.30. The van der Waals surface area contributed by atoms with Gasteiger partial charge in [-0.2, -0.15) is 0 Å². The van der Waals surface area contributed by atoms with E-state index in [1.165, 1.54) is 12.8 Å². The average molecular weight is 311 g/mol. The minimum absolute atomic E-state index is 0.0821. The minimum Gasteiger partial charge on any atom is -0.317 e. The number of amides is 1. The minimum atomic E-state index is 0.0821. The Morgan fingerprint density at radius 2 is 2.00 bits per heavy atom. The highest BCUT2D eigenvalue weighted by Gasteiger charge is 2.47.